The van der Waals surface area contributed by atoms with Gasteiger partial charge in [0.05, 0.1) is 0 Å². The molecule has 0 radical (unpaired) electrons. The Morgan fingerprint density at radius 3 is 1.34 bits per heavy atom. The van der Waals surface area contributed by atoms with Gasteiger partial charge in [-0.1, -0.05) is 85.6 Å². The second-order valence-electron chi connectivity index (χ2n) is 7.32. The summed E-state index contributed by atoms with van der Waals surface area (Å²) >= 11 is 0. The van der Waals surface area contributed by atoms with Crippen molar-refractivity contribution in [3.63, 3.8) is 0 Å². The third kappa shape index (κ3) is 5.51. The molecule has 0 bridgehead atoms. The number of unbranched alkanes of at least 4 members (excludes halogenated alkanes) is 3. The molecule has 0 fully saturated rings. The minimum Gasteiger partial charge on any atom is -0.385 e. The molecule has 0 aromatic heterocycles. The van der Waals surface area contributed by atoms with Gasteiger partial charge in [0, 0.05) is 35.2 Å². The van der Waals surface area contributed by atoms with Gasteiger partial charge in [-0.05, 0) is 35.7 Å². The molecule has 4 rings (SSSR count). The normalized spacial score (nSPS) is 10.6. The van der Waals surface area contributed by atoms with Crippen LogP contribution in [0.1, 0.15) is 25.7 Å². The number of anilines is 2. The Bertz CT molecular complexity index is 949. The fraction of sp³-hybridized carbons (Fsp3) is 0.231. The van der Waals surface area contributed by atoms with Crippen LogP contribution >= 0.6 is 17.0 Å². The van der Waals surface area contributed by atoms with Gasteiger partial charge in [0.2, 0.25) is 0 Å². The molecule has 0 aliphatic carbocycles. The van der Waals surface area contributed by atoms with Crippen LogP contribution in [0.25, 0.3) is 21.5 Å². The van der Waals surface area contributed by atoms with Crippen molar-refractivity contribution >= 4 is 49.9 Å². The topological polar surface area (TPSA) is 24.1 Å². The molecule has 3 heteroatoms. The van der Waals surface area contributed by atoms with Crippen molar-refractivity contribution in [3.05, 3.63) is 84.9 Å². The lowest BCUT2D eigenvalue weighted by atomic mass is 10.1. The molecular formula is C26H29BrN2. The highest BCUT2D eigenvalue weighted by atomic mass is 79.9. The van der Waals surface area contributed by atoms with Crippen LogP contribution in [0.4, 0.5) is 11.4 Å². The summed E-state index contributed by atoms with van der Waals surface area (Å²) in [5, 5.41) is 12.4. The molecule has 4 aromatic carbocycles. The van der Waals surface area contributed by atoms with E-state index in [4.69, 9.17) is 0 Å². The van der Waals surface area contributed by atoms with Gasteiger partial charge in [-0.25, -0.2) is 0 Å². The van der Waals surface area contributed by atoms with Gasteiger partial charge in [-0.3, -0.25) is 0 Å². The van der Waals surface area contributed by atoms with Gasteiger partial charge >= 0.3 is 0 Å². The molecule has 0 saturated heterocycles. The molecule has 150 valence electrons. The fourth-order valence-electron chi connectivity index (χ4n) is 3.81. The summed E-state index contributed by atoms with van der Waals surface area (Å²) in [5.74, 6) is 0. The van der Waals surface area contributed by atoms with E-state index in [9.17, 15) is 0 Å². The summed E-state index contributed by atoms with van der Waals surface area (Å²) in [6, 6.07) is 30.1. The number of halogens is 1. The van der Waals surface area contributed by atoms with Crippen LogP contribution in [0.15, 0.2) is 84.9 Å². The van der Waals surface area contributed by atoms with E-state index in [-0.39, 0.29) is 17.0 Å². The second kappa shape index (κ2) is 10.9. The van der Waals surface area contributed by atoms with Gasteiger partial charge in [-0.15, -0.1) is 17.0 Å². The predicted molar refractivity (Wildman–Crippen MR) is 134 cm³/mol. The van der Waals surface area contributed by atoms with Gasteiger partial charge in [-0.2, -0.15) is 0 Å². The molecule has 2 nitrogen and oxygen atoms in total. The molecule has 0 amide bonds. The Labute approximate surface area is 184 Å². The first-order valence-electron chi connectivity index (χ1n) is 10.3. The van der Waals surface area contributed by atoms with Crippen LogP contribution in [0.2, 0.25) is 0 Å². The van der Waals surface area contributed by atoms with Gasteiger partial charge in [0.15, 0.2) is 0 Å². The molecule has 0 heterocycles. The average Bonchev–Trinajstić information content (AvgIpc) is 2.76. The van der Waals surface area contributed by atoms with Crippen LogP contribution in [-0.2, 0) is 0 Å². The van der Waals surface area contributed by atoms with Crippen molar-refractivity contribution < 1.29 is 0 Å². The predicted octanol–water partition coefficient (Wildman–Crippen LogP) is 7.66. The van der Waals surface area contributed by atoms with Crippen LogP contribution in [0.3, 0.4) is 0 Å². The Balaban J connectivity index is 0.00000240. The lowest BCUT2D eigenvalue weighted by Gasteiger charge is -2.11. The SMILES string of the molecule is Br.c1ccc2c(NCCCCCCNc3cccc4ccccc34)cccc2c1. The van der Waals surface area contributed by atoms with Crippen LogP contribution < -0.4 is 10.6 Å². The Hall–Kier alpha value is -2.52. The standard InChI is InChI=1S/C26H28N2.BrH/c1(7-19-27-25-17-9-13-21-11-3-5-15-23(21)25)2-8-20-28-26-18-10-14-22-12-4-6-16-24(22)26;/h3-6,9-18,27-28H,1-2,7-8,19-20H2;1H. The third-order valence-electron chi connectivity index (χ3n) is 5.31. The van der Waals surface area contributed by atoms with E-state index >= 15 is 0 Å². The lowest BCUT2D eigenvalue weighted by molar-refractivity contribution is 0.671. The maximum atomic E-state index is 3.61. The zero-order valence-electron chi connectivity index (χ0n) is 16.7. The highest BCUT2D eigenvalue weighted by Crippen LogP contribution is 2.24. The van der Waals surface area contributed by atoms with Crippen molar-refractivity contribution in [1.82, 2.24) is 0 Å². The van der Waals surface area contributed by atoms with E-state index < -0.39 is 0 Å². The maximum absolute atomic E-state index is 3.61. The Morgan fingerprint density at radius 2 is 0.862 bits per heavy atom. The number of fused-ring (bicyclic) bond motifs is 2. The maximum Gasteiger partial charge on any atom is 0.0419 e. The van der Waals surface area contributed by atoms with Crippen molar-refractivity contribution in [3.8, 4) is 0 Å². The monoisotopic (exact) mass is 448 g/mol. The molecule has 0 aliphatic rings. The summed E-state index contributed by atoms with van der Waals surface area (Å²) < 4.78 is 0. The minimum atomic E-state index is 0. The van der Waals surface area contributed by atoms with Gasteiger partial charge < -0.3 is 10.6 Å². The summed E-state index contributed by atoms with van der Waals surface area (Å²) in [7, 11) is 0. The highest BCUT2D eigenvalue weighted by Gasteiger charge is 2.00. The molecule has 0 aliphatic heterocycles. The summed E-state index contributed by atoms with van der Waals surface area (Å²) in [4.78, 5) is 0. The molecule has 0 atom stereocenters. The van der Waals surface area contributed by atoms with E-state index in [1.54, 1.807) is 0 Å². The van der Waals surface area contributed by atoms with Crippen molar-refractivity contribution in [2.24, 2.45) is 0 Å². The lowest BCUT2D eigenvalue weighted by Crippen LogP contribution is -2.04. The first-order valence-corrected chi connectivity index (χ1v) is 10.3. The minimum absolute atomic E-state index is 0. The molecule has 0 unspecified atom stereocenters. The van der Waals surface area contributed by atoms with E-state index in [0.29, 0.717) is 0 Å². The van der Waals surface area contributed by atoms with Crippen LogP contribution in [-0.4, -0.2) is 13.1 Å². The average molecular weight is 449 g/mol. The van der Waals surface area contributed by atoms with E-state index in [2.05, 4.69) is 95.6 Å². The van der Waals surface area contributed by atoms with E-state index in [1.807, 2.05) is 0 Å². The Morgan fingerprint density at radius 1 is 0.448 bits per heavy atom. The van der Waals surface area contributed by atoms with Crippen LogP contribution in [0, 0.1) is 0 Å². The van der Waals surface area contributed by atoms with Crippen molar-refractivity contribution in [2.75, 3.05) is 23.7 Å². The highest BCUT2D eigenvalue weighted by molar-refractivity contribution is 8.93. The Kier molecular flexibility index (Phi) is 7.94. The third-order valence-corrected chi connectivity index (χ3v) is 5.31. The molecular weight excluding hydrogens is 420 g/mol. The largest absolute Gasteiger partial charge is 0.385 e. The first-order chi connectivity index (χ1) is 13.9. The number of rotatable bonds is 9. The summed E-state index contributed by atoms with van der Waals surface area (Å²) in [6.07, 6.45) is 4.93. The van der Waals surface area contributed by atoms with E-state index in [1.165, 1.54) is 58.6 Å². The van der Waals surface area contributed by atoms with E-state index in [0.717, 1.165) is 13.1 Å². The zero-order chi connectivity index (χ0) is 19.0. The van der Waals surface area contributed by atoms with Crippen molar-refractivity contribution in [2.45, 2.75) is 25.7 Å². The molecule has 2 N–H and O–H groups in total. The smallest absolute Gasteiger partial charge is 0.0419 e. The molecule has 0 saturated carbocycles. The zero-order valence-corrected chi connectivity index (χ0v) is 18.4. The van der Waals surface area contributed by atoms with Crippen molar-refractivity contribution in [1.29, 1.82) is 0 Å². The fourth-order valence-corrected chi connectivity index (χ4v) is 3.81. The van der Waals surface area contributed by atoms with Gasteiger partial charge in [0.25, 0.3) is 0 Å². The number of benzene rings is 4. The number of hydrogen-bond acceptors (Lipinski definition) is 2. The summed E-state index contributed by atoms with van der Waals surface area (Å²) in [5.41, 5.74) is 2.49. The summed E-state index contributed by atoms with van der Waals surface area (Å²) in [6.45, 7) is 2.06. The molecule has 0 spiro atoms. The molecule has 29 heavy (non-hydrogen) atoms. The first kappa shape index (κ1) is 21.2. The number of nitrogens with one attached hydrogen (secondary N) is 2. The second-order valence-corrected chi connectivity index (χ2v) is 7.32. The number of hydrogen-bond donors (Lipinski definition) is 2. The molecule has 4 aromatic rings. The quantitative estimate of drug-likeness (QED) is 0.256. The van der Waals surface area contributed by atoms with Crippen LogP contribution in [0.5, 0.6) is 0 Å². The van der Waals surface area contributed by atoms with Gasteiger partial charge in [0.1, 0.15) is 0 Å².